The predicted octanol–water partition coefficient (Wildman–Crippen LogP) is 20.6. The molecule has 14 aromatic rings. The summed E-state index contributed by atoms with van der Waals surface area (Å²) >= 11 is 0. The first-order chi connectivity index (χ1) is 40.3. The van der Waals surface area contributed by atoms with Gasteiger partial charge in [0.25, 0.3) is 0 Å². The first-order valence-electron chi connectivity index (χ1n) is 30.9. The zero-order valence-electron chi connectivity index (χ0n) is 53.6. The highest BCUT2D eigenvalue weighted by Gasteiger charge is 2.30. The van der Waals surface area contributed by atoms with E-state index in [4.69, 9.17) is 0 Å². The summed E-state index contributed by atoms with van der Waals surface area (Å²) in [5, 5.41) is 9.17. The van der Waals surface area contributed by atoms with Crippen LogP contribution in [0.1, 0.15) is 158 Å². The lowest BCUT2D eigenvalue weighted by molar-refractivity contribution is 0.590. The van der Waals surface area contributed by atoms with Crippen LogP contribution in [0.2, 0.25) is 0 Å². The average molecular weight is 1130 g/mol. The summed E-state index contributed by atoms with van der Waals surface area (Å²) in [5.74, 6) is 0. The van der Waals surface area contributed by atoms with Gasteiger partial charge in [0.1, 0.15) is 0 Å². The molecule has 0 aliphatic rings. The molecule has 0 aliphatic heterocycles. The maximum atomic E-state index is 16.0. The van der Waals surface area contributed by atoms with E-state index >= 15 is 9.59 Å². The number of benzene rings is 9. The number of aromatic nitrogens is 4. The van der Waals surface area contributed by atoms with Gasteiger partial charge in [0.05, 0.1) is 61.0 Å². The van der Waals surface area contributed by atoms with Crippen molar-refractivity contribution < 1.29 is 0 Å². The van der Waals surface area contributed by atoms with Crippen LogP contribution in [0.5, 0.6) is 0 Å². The molecule has 0 atom stereocenters. The summed E-state index contributed by atoms with van der Waals surface area (Å²) in [7, 11) is 0. The fourth-order valence-electron chi connectivity index (χ4n) is 13.9. The van der Waals surface area contributed by atoms with E-state index in [0.29, 0.717) is 27.1 Å². The summed E-state index contributed by atoms with van der Waals surface area (Å²) in [5.41, 5.74) is 17.6. The molecular weight excluding hydrogens is 1050 g/mol. The molecule has 5 heterocycles. The molecule has 0 bridgehead atoms. The Hall–Kier alpha value is -8.48. The van der Waals surface area contributed by atoms with E-state index in [-0.39, 0.29) is 43.3 Å². The summed E-state index contributed by atoms with van der Waals surface area (Å²) in [6.07, 6.45) is 0. The minimum atomic E-state index is -0.222. The highest BCUT2D eigenvalue weighted by atomic mass is 16.1. The highest BCUT2D eigenvalue weighted by molar-refractivity contribution is 6.19. The Morgan fingerprint density at radius 2 is 0.512 bits per heavy atom. The molecule has 9 aromatic carbocycles. The van der Waals surface area contributed by atoms with Gasteiger partial charge >= 0.3 is 0 Å². The largest absolute Gasteiger partial charge is 0.308 e. The van der Waals surface area contributed by atoms with E-state index in [0.717, 1.165) is 83.1 Å². The van der Waals surface area contributed by atoms with Gasteiger partial charge in [-0.2, -0.15) is 0 Å². The van der Waals surface area contributed by atoms with Crippen LogP contribution in [0.15, 0.2) is 167 Å². The topological polar surface area (TPSA) is 53.3 Å². The van der Waals surface area contributed by atoms with Gasteiger partial charge in [-0.1, -0.05) is 185 Å². The van der Waals surface area contributed by atoms with Gasteiger partial charge in [-0.3, -0.25) is 9.59 Å². The van der Waals surface area contributed by atoms with Crippen molar-refractivity contribution in [2.75, 3.05) is 0 Å². The lowest BCUT2D eigenvalue weighted by Gasteiger charge is -2.23. The second kappa shape index (κ2) is 18.0. The number of fused-ring (bicyclic) bond motifs is 13. The molecule has 5 aromatic heterocycles. The molecular formula is C80H80N4O2. The van der Waals surface area contributed by atoms with Crippen molar-refractivity contribution >= 4 is 104 Å². The molecule has 0 spiro atoms. The summed E-state index contributed by atoms with van der Waals surface area (Å²) < 4.78 is 9.56. The summed E-state index contributed by atoms with van der Waals surface area (Å²) in [6.45, 7) is 40.7. The lowest BCUT2D eigenvalue weighted by Crippen LogP contribution is -2.18. The Morgan fingerprint density at radius 1 is 0.244 bits per heavy atom. The van der Waals surface area contributed by atoms with Crippen molar-refractivity contribution in [2.24, 2.45) is 0 Å². The van der Waals surface area contributed by atoms with Crippen LogP contribution in [0.4, 0.5) is 0 Å². The first-order valence-corrected chi connectivity index (χ1v) is 30.9. The number of hydrogen-bond acceptors (Lipinski definition) is 2. The Kier molecular flexibility index (Phi) is 11.6. The summed E-state index contributed by atoms with van der Waals surface area (Å²) in [6, 6.07) is 58.5. The monoisotopic (exact) mass is 1130 g/mol. The van der Waals surface area contributed by atoms with E-state index in [1.54, 1.807) is 0 Å². The maximum absolute atomic E-state index is 16.0. The SMILES string of the molecule is CC(C)(C)c1ccc2c(c1)c(=O)c1cc(-n3c4c(-n5c6ccc(C(C)(C)C)cc6c6cc(C(C)(C)C)ccc65)cccc4c4cccc(-n5c6ccc(C(C)(C)C)cc6c6cc(C(C)(C)C)ccc65)c43)cc3c(=O)c4cc(C(C)(C)C)ccc4n2c13. The van der Waals surface area contributed by atoms with Gasteiger partial charge in [0, 0.05) is 59.5 Å². The van der Waals surface area contributed by atoms with Gasteiger partial charge in [-0.05, 0) is 163 Å². The average Bonchev–Trinajstić information content (AvgIpc) is 1.25. The zero-order chi connectivity index (χ0) is 61.0. The van der Waals surface area contributed by atoms with E-state index in [1.165, 1.54) is 43.8 Å². The maximum Gasteiger partial charge on any atom is 0.197 e. The Labute approximate surface area is 504 Å². The number of rotatable bonds is 3. The molecule has 6 nitrogen and oxygen atoms in total. The third kappa shape index (κ3) is 8.25. The van der Waals surface area contributed by atoms with Gasteiger partial charge in [0.15, 0.2) is 10.9 Å². The molecule has 0 radical (unpaired) electrons. The van der Waals surface area contributed by atoms with Crippen molar-refractivity contribution in [2.45, 2.75) is 157 Å². The minimum Gasteiger partial charge on any atom is -0.308 e. The van der Waals surface area contributed by atoms with Crippen molar-refractivity contribution in [1.29, 1.82) is 0 Å². The van der Waals surface area contributed by atoms with E-state index in [9.17, 15) is 0 Å². The second-order valence-electron chi connectivity index (χ2n) is 31.1. The first kappa shape index (κ1) is 55.4. The van der Waals surface area contributed by atoms with Crippen LogP contribution in [-0.2, 0) is 32.5 Å². The smallest absolute Gasteiger partial charge is 0.197 e. The standard InChI is InChI=1S/C80H80N4O2/c1-75(2,3)45-25-31-62-54(37-45)55-38-46(76(4,5)6)26-32-63(55)82(62)68-23-19-21-52-53-22-20-24-69(83-64-33-27-47(77(7,8)9)39-56(64)57-40-48(78(10,11)12)28-34-65(57)83)72(53)81(71(52)68)51-43-60-70-61(44-51)74(86)59-42-50(80(16,17)18)30-36-67(59)84(70)66-35-29-49(79(13,14)15)41-58(66)73(60)85/h19-44H,1-18H3. The van der Waals surface area contributed by atoms with Crippen molar-refractivity contribution in [1.82, 2.24) is 18.1 Å². The Morgan fingerprint density at radius 3 is 0.791 bits per heavy atom. The highest BCUT2D eigenvalue weighted by Crippen LogP contribution is 2.46. The van der Waals surface area contributed by atoms with Crippen LogP contribution in [0.3, 0.4) is 0 Å². The molecule has 0 unspecified atom stereocenters. The fraction of sp³-hybridized carbons (Fsp3) is 0.300. The molecule has 0 aliphatic carbocycles. The van der Waals surface area contributed by atoms with Gasteiger partial charge in [0.2, 0.25) is 0 Å². The Bertz CT molecular complexity index is 4910. The van der Waals surface area contributed by atoms with Crippen molar-refractivity contribution in [3.63, 3.8) is 0 Å². The predicted molar refractivity (Wildman–Crippen MR) is 369 cm³/mol. The van der Waals surface area contributed by atoms with Crippen molar-refractivity contribution in [3.05, 3.63) is 212 Å². The van der Waals surface area contributed by atoms with Gasteiger partial charge in [-0.15, -0.1) is 0 Å². The van der Waals surface area contributed by atoms with E-state index in [2.05, 4.69) is 300 Å². The van der Waals surface area contributed by atoms with Crippen LogP contribution in [-0.4, -0.2) is 18.1 Å². The number of para-hydroxylation sites is 2. The number of pyridine rings is 2. The van der Waals surface area contributed by atoms with Gasteiger partial charge in [-0.25, -0.2) is 0 Å². The molecule has 86 heavy (non-hydrogen) atoms. The van der Waals surface area contributed by atoms with Crippen LogP contribution >= 0.6 is 0 Å². The third-order valence-corrected chi connectivity index (χ3v) is 19.0. The molecule has 6 heteroatoms. The van der Waals surface area contributed by atoms with Crippen LogP contribution < -0.4 is 10.9 Å². The third-order valence-electron chi connectivity index (χ3n) is 19.0. The normalized spacial score (nSPS) is 13.6. The zero-order valence-corrected chi connectivity index (χ0v) is 53.6. The van der Waals surface area contributed by atoms with E-state index < -0.39 is 0 Å². The van der Waals surface area contributed by atoms with Gasteiger partial charge < -0.3 is 18.1 Å². The summed E-state index contributed by atoms with van der Waals surface area (Å²) in [4.78, 5) is 32.0. The minimum absolute atomic E-state index is 0.0800. The molecule has 432 valence electrons. The van der Waals surface area contributed by atoms with E-state index in [1.807, 2.05) is 0 Å². The number of nitrogens with zero attached hydrogens (tertiary/aromatic N) is 4. The fourth-order valence-corrected chi connectivity index (χ4v) is 13.9. The molecule has 0 saturated carbocycles. The molecule has 0 amide bonds. The van der Waals surface area contributed by atoms with Crippen LogP contribution in [0.25, 0.3) is 121 Å². The quantitative estimate of drug-likeness (QED) is 0.131. The number of hydrogen-bond donors (Lipinski definition) is 0. The molecule has 0 fully saturated rings. The Balaban J connectivity index is 1.21. The molecule has 0 saturated heterocycles. The lowest BCUT2D eigenvalue weighted by atomic mass is 9.85. The molecule has 0 N–H and O–H groups in total. The van der Waals surface area contributed by atoms with Crippen LogP contribution in [0, 0.1) is 0 Å². The van der Waals surface area contributed by atoms with Crippen molar-refractivity contribution in [3.8, 4) is 17.1 Å². The second-order valence-corrected chi connectivity index (χ2v) is 31.1. The molecule has 14 rings (SSSR count).